The summed E-state index contributed by atoms with van der Waals surface area (Å²) in [7, 11) is 8.11. The summed E-state index contributed by atoms with van der Waals surface area (Å²) >= 11 is 0. The topological polar surface area (TPSA) is 74.8 Å². The molecule has 3 aromatic carbocycles. The summed E-state index contributed by atoms with van der Waals surface area (Å²) in [6.45, 7) is 0. The Labute approximate surface area is 192 Å². The second-order valence-corrected chi connectivity index (χ2v) is 7.17. The SMILES string of the molecule is COc1ccc(-c2nc(-c3c(OC)cc(OC)cc3OC)[nH]c2-c2ccc(OC)cc2)cc1. The standard InChI is InChI=1S/C26H26N2O5/c1-29-18-10-6-16(7-11-18)24-25(17-8-12-19(30-2)13-9-17)28-26(27-24)23-21(32-4)14-20(31-3)15-22(23)33-5/h6-15H,1-5H3,(H,27,28). The van der Waals surface area contributed by atoms with Crippen LogP contribution in [0.3, 0.4) is 0 Å². The van der Waals surface area contributed by atoms with Gasteiger partial charge in [-0.15, -0.1) is 0 Å². The number of hydrogen-bond donors (Lipinski definition) is 1. The van der Waals surface area contributed by atoms with Crippen molar-refractivity contribution in [3.05, 3.63) is 60.7 Å². The van der Waals surface area contributed by atoms with Crippen LogP contribution < -0.4 is 23.7 Å². The summed E-state index contributed by atoms with van der Waals surface area (Å²) in [6.07, 6.45) is 0. The van der Waals surface area contributed by atoms with Crippen LogP contribution in [0.4, 0.5) is 0 Å². The van der Waals surface area contributed by atoms with E-state index in [1.54, 1.807) is 47.7 Å². The Bertz CT molecular complexity index is 1140. The lowest BCUT2D eigenvalue weighted by atomic mass is 10.0. The van der Waals surface area contributed by atoms with Crippen LogP contribution in [0, 0.1) is 0 Å². The second kappa shape index (κ2) is 9.56. The summed E-state index contributed by atoms with van der Waals surface area (Å²) in [4.78, 5) is 8.45. The first-order valence-corrected chi connectivity index (χ1v) is 10.3. The van der Waals surface area contributed by atoms with E-state index in [-0.39, 0.29) is 0 Å². The van der Waals surface area contributed by atoms with Gasteiger partial charge in [0.15, 0.2) is 0 Å². The predicted molar refractivity (Wildman–Crippen MR) is 128 cm³/mol. The molecule has 0 saturated carbocycles. The number of imidazole rings is 1. The minimum atomic E-state index is 0.586. The molecule has 0 bridgehead atoms. The largest absolute Gasteiger partial charge is 0.497 e. The van der Waals surface area contributed by atoms with Crippen molar-refractivity contribution in [2.45, 2.75) is 0 Å². The third kappa shape index (κ3) is 4.30. The molecule has 0 aliphatic rings. The average molecular weight is 447 g/mol. The normalized spacial score (nSPS) is 10.6. The van der Waals surface area contributed by atoms with E-state index in [1.165, 1.54) is 0 Å². The van der Waals surface area contributed by atoms with Gasteiger partial charge in [0.25, 0.3) is 0 Å². The molecule has 0 amide bonds. The number of rotatable bonds is 8. The van der Waals surface area contributed by atoms with Gasteiger partial charge in [0, 0.05) is 23.3 Å². The molecule has 33 heavy (non-hydrogen) atoms. The Morgan fingerprint density at radius 1 is 0.576 bits per heavy atom. The van der Waals surface area contributed by atoms with E-state index in [2.05, 4.69) is 4.98 Å². The highest BCUT2D eigenvalue weighted by atomic mass is 16.5. The van der Waals surface area contributed by atoms with Gasteiger partial charge < -0.3 is 28.7 Å². The molecule has 1 N–H and O–H groups in total. The first-order valence-electron chi connectivity index (χ1n) is 10.3. The Kier molecular flexibility index (Phi) is 6.40. The van der Waals surface area contributed by atoms with Gasteiger partial charge in [-0.3, -0.25) is 0 Å². The monoisotopic (exact) mass is 446 g/mol. The van der Waals surface area contributed by atoms with E-state index in [1.807, 2.05) is 48.5 Å². The lowest BCUT2D eigenvalue weighted by Gasteiger charge is -2.13. The molecule has 7 nitrogen and oxygen atoms in total. The third-order valence-corrected chi connectivity index (χ3v) is 5.40. The van der Waals surface area contributed by atoms with Crippen molar-refractivity contribution in [1.82, 2.24) is 9.97 Å². The van der Waals surface area contributed by atoms with Gasteiger partial charge in [-0.05, 0) is 48.5 Å². The van der Waals surface area contributed by atoms with Crippen LogP contribution in [-0.4, -0.2) is 45.5 Å². The van der Waals surface area contributed by atoms with Crippen molar-refractivity contribution >= 4 is 0 Å². The zero-order chi connectivity index (χ0) is 23.4. The predicted octanol–water partition coefficient (Wildman–Crippen LogP) is 5.45. The first-order chi connectivity index (χ1) is 16.1. The minimum absolute atomic E-state index is 0.586. The number of aromatic nitrogens is 2. The summed E-state index contributed by atoms with van der Waals surface area (Å²) in [5.74, 6) is 3.97. The van der Waals surface area contributed by atoms with Crippen LogP contribution in [0.5, 0.6) is 28.7 Å². The lowest BCUT2D eigenvalue weighted by molar-refractivity contribution is 0.377. The van der Waals surface area contributed by atoms with Crippen molar-refractivity contribution < 1.29 is 23.7 Å². The van der Waals surface area contributed by atoms with Crippen LogP contribution >= 0.6 is 0 Å². The zero-order valence-electron chi connectivity index (χ0n) is 19.3. The second-order valence-electron chi connectivity index (χ2n) is 7.17. The Morgan fingerprint density at radius 3 is 1.52 bits per heavy atom. The maximum absolute atomic E-state index is 5.65. The zero-order valence-corrected chi connectivity index (χ0v) is 19.3. The van der Waals surface area contributed by atoms with Crippen LogP contribution in [0.2, 0.25) is 0 Å². The van der Waals surface area contributed by atoms with Gasteiger partial charge in [0.05, 0.1) is 46.9 Å². The summed E-state index contributed by atoms with van der Waals surface area (Å²) in [6, 6.07) is 19.2. The molecule has 0 aliphatic heterocycles. The number of hydrogen-bond acceptors (Lipinski definition) is 6. The van der Waals surface area contributed by atoms with Gasteiger partial charge in [0.1, 0.15) is 40.1 Å². The number of H-pyrrole nitrogens is 1. The van der Waals surface area contributed by atoms with Gasteiger partial charge in [-0.2, -0.15) is 0 Å². The van der Waals surface area contributed by atoms with Crippen LogP contribution in [-0.2, 0) is 0 Å². The van der Waals surface area contributed by atoms with Crippen molar-refractivity contribution in [3.8, 4) is 62.7 Å². The fourth-order valence-electron chi connectivity index (χ4n) is 3.66. The quantitative estimate of drug-likeness (QED) is 0.388. The van der Waals surface area contributed by atoms with Crippen LogP contribution in [0.25, 0.3) is 33.9 Å². The number of nitrogens with one attached hydrogen (secondary N) is 1. The van der Waals surface area contributed by atoms with E-state index in [0.29, 0.717) is 28.6 Å². The molecular formula is C26H26N2O5. The molecule has 4 rings (SSSR count). The third-order valence-electron chi connectivity index (χ3n) is 5.40. The number of nitrogens with zero attached hydrogens (tertiary/aromatic N) is 1. The van der Waals surface area contributed by atoms with Crippen molar-refractivity contribution in [2.24, 2.45) is 0 Å². The van der Waals surface area contributed by atoms with E-state index in [0.717, 1.165) is 34.0 Å². The molecular weight excluding hydrogens is 420 g/mol. The van der Waals surface area contributed by atoms with Gasteiger partial charge in [-0.25, -0.2) is 4.98 Å². The number of benzene rings is 3. The molecule has 4 aromatic rings. The summed E-state index contributed by atoms with van der Waals surface area (Å²) in [5.41, 5.74) is 4.26. The molecule has 0 atom stereocenters. The molecule has 0 spiro atoms. The number of methoxy groups -OCH3 is 5. The highest BCUT2D eigenvalue weighted by Gasteiger charge is 2.22. The Morgan fingerprint density at radius 2 is 1.06 bits per heavy atom. The molecule has 1 aromatic heterocycles. The van der Waals surface area contributed by atoms with Gasteiger partial charge in [0.2, 0.25) is 0 Å². The molecule has 0 unspecified atom stereocenters. The van der Waals surface area contributed by atoms with Crippen LogP contribution in [0.15, 0.2) is 60.7 Å². The fraction of sp³-hybridized carbons (Fsp3) is 0.192. The molecule has 7 heteroatoms. The van der Waals surface area contributed by atoms with Crippen molar-refractivity contribution in [1.29, 1.82) is 0 Å². The van der Waals surface area contributed by atoms with Gasteiger partial charge >= 0.3 is 0 Å². The molecule has 170 valence electrons. The minimum Gasteiger partial charge on any atom is -0.497 e. The lowest BCUT2D eigenvalue weighted by Crippen LogP contribution is -1.96. The molecule has 0 aliphatic carbocycles. The average Bonchev–Trinajstić information content (AvgIpc) is 3.32. The highest BCUT2D eigenvalue weighted by Crippen LogP contribution is 2.43. The highest BCUT2D eigenvalue weighted by molar-refractivity contribution is 5.84. The number of ether oxygens (including phenoxy) is 5. The van der Waals surface area contributed by atoms with Gasteiger partial charge in [-0.1, -0.05) is 0 Å². The van der Waals surface area contributed by atoms with E-state index >= 15 is 0 Å². The molecule has 0 saturated heterocycles. The maximum atomic E-state index is 5.65. The smallest absolute Gasteiger partial charge is 0.146 e. The first kappa shape index (κ1) is 22.1. The Balaban J connectivity index is 1.93. The fourth-order valence-corrected chi connectivity index (χ4v) is 3.66. The molecule has 0 radical (unpaired) electrons. The van der Waals surface area contributed by atoms with E-state index < -0.39 is 0 Å². The number of aromatic amines is 1. The summed E-state index contributed by atoms with van der Waals surface area (Å²) < 4.78 is 27.3. The van der Waals surface area contributed by atoms with E-state index in [9.17, 15) is 0 Å². The maximum Gasteiger partial charge on any atom is 0.146 e. The van der Waals surface area contributed by atoms with Crippen molar-refractivity contribution in [3.63, 3.8) is 0 Å². The summed E-state index contributed by atoms with van der Waals surface area (Å²) in [5, 5.41) is 0. The van der Waals surface area contributed by atoms with E-state index in [4.69, 9.17) is 28.7 Å². The van der Waals surface area contributed by atoms with Crippen LogP contribution in [0.1, 0.15) is 0 Å². The van der Waals surface area contributed by atoms with Crippen molar-refractivity contribution in [2.75, 3.05) is 35.5 Å². The Hall–Kier alpha value is -4.13. The molecule has 0 fully saturated rings. The molecule has 1 heterocycles.